The summed E-state index contributed by atoms with van der Waals surface area (Å²) in [6, 6.07) is 14.1. The van der Waals surface area contributed by atoms with E-state index in [1.807, 2.05) is 24.3 Å². The SMILES string of the molecule is C=CCc1cc(N)ccc1OCc1csc2ccccc12. The summed E-state index contributed by atoms with van der Waals surface area (Å²) in [5.41, 5.74) is 8.88. The largest absolute Gasteiger partial charge is 0.489 e. The van der Waals surface area contributed by atoms with Gasteiger partial charge in [0.05, 0.1) is 0 Å². The van der Waals surface area contributed by atoms with Gasteiger partial charge in [-0.15, -0.1) is 17.9 Å². The first-order chi connectivity index (χ1) is 10.3. The Hall–Kier alpha value is -2.26. The Bertz CT molecular complexity index is 776. The molecule has 0 spiro atoms. The number of anilines is 1. The van der Waals surface area contributed by atoms with Crippen molar-refractivity contribution in [2.75, 3.05) is 5.73 Å². The number of rotatable bonds is 5. The van der Waals surface area contributed by atoms with Crippen molar-refractivity contribution >= 4 is 27.1 Å². The topological polar surface area (TPSA) is 35.2 Å². The third kappa shape index (κ3) is 2.93. The number of hydrogen-bond donors (Lipinski definition) is 1. The summed E-state index contributed by atoms with van der Waals surface area (Å²) in [5, 5.41) is 3.43. The Morgan fingerprint density at radius 2 is 2.00 bits per heavy atom. The predicted octanol–water partition coefficient (Wildman–Crippen LogP) is 4.79. The van der Waals surface area contributed by atoms with E-state index in [1.54, 1.807) is 11.3 Å². The predicted molar refractivity (Wildman–Crippen MR) is 90.9 cm³/mol. The van der Waals surface area contributed by atoms with Gasteiger partial charge in [0.2, 0.25) is 0 Å². The average molecular weight is 295 g/mol. The minimum absolute atomic E-state index is 0.568. The van der Waals surface area contributed by atoms with Gasteiger partial charge in [-0.1, -0.05) is 24.3 Å². The van der Waals surface area contributed by atoms with Crippen LogP contribution in [0.2, 0.25) is 0 Å². The summed E-state index contributed by atoms with van der Waals surface area (Å²) in [7, 11) is 0. The lowest BCUT2D eigenvalue weighted by atomic mass is 10.1. The molecule has 3 heteroatoms. The molecule has 21 heavy (non-hydrogen) atoms. The molecular weight excluding hydrogens is 278 g/mol. The maximum Gasteiger partial charge on any atom is 0.123 e. The fraction of sp³-hybridized carbons (Fsp3) is 0.111. The smallest absolute Gasteiger partial charge is 0.123 e. The van der Waals surface area contributed by atoms with Crippen LogP contribution in [0.25, 0.3) is 10.1 Å². The third-order valence-electron chi connectivity index (χ3n) is 3.39. The summed E-state index contributed by atoms with van der Waals surface area (Å²) in [5.74, 6) is 0.874. The molecule has 0 saturated carbocycles. The van der Waals surface area contributed by atoms with E-state index >= 15 is 0 Å². The molecule has 2 nitrogen and oxygen atoms in total. The molecule has 0 fully saturated rings. The van der Waals surface area contributed by atoms with Gasteiger partial charge >= 0.3 is 0 Å². The van der Waals surface area contributed by atoms with E-state index in [2.05, 4.69) is 36.2 Å². The molecule has 0 saturated heterocycles. The molecule has 3 rings (SSSR count). The number of fused-ring (bicyclic) bond motifs is 1. The van der Waals surface area contributed by atoms with Crippen molar-refractivity contribution in [2.45, 2.75) is 13.0 Å². The van der Waals surface area contributed by atoms with Crippen LogP contribution < -0.4 is 10.5 Å². The van der Waals surface area contributed by atoms with Crippen molar-refractivity contribution in [1.29, 1.82) is 0 Å². The lowest BCUT2D eigenvalue weighted by molar-refractivity contribution is 0.305. The van der Waals surface area contributed by atoms with Crippen molar-refractivity contribution in [3.63, 3.8) is 0 Å². The van der Waals surface area contributed by atoms with Gasteiger partial charge in [0.25, 0.3) is 0 Å². The lowest BCUT2D eigenvalue weighted by Crippen LogP contribution is -1.99. The quantitative estimate of drug-likeness (QED) is 0.542. The molecule has 0 amide bonds. The molecule has 1 heterocycles. The number of thiophene rings is 1. The fourth-order valence-electron chi connectivity index (χ4n) is 2.36. The van der Waals surface area contributed by atoms with E-state index in [0.29, 0.717) is 6.61 Å². The second-order valence-corrected chi connectivity index (χ2v) is 5.82. The minimum atomic E-state index is 0.568. The second-order valence-electron chi connectivity index (χ2n) is 4.91. The van der Waals surface area contributed by atoms with Crippen LogP contribution in [-0.4, -0.2) is 0 Å². The monoisotopic (exact) mass is 295 g/mol. The molecule has 0 radical (unpaired) electrons. The number of allylic oxidation sites excluding steroid dienone is 1. The molecule has 1 aromatic heterocycles. The average Bonchev–Trinajstić information content (AvgIpc) is 2.90. The summed E-state index contributed by atoms with van der Waals surface area (Å²) in [4.78, 5) is 0. The molecule has 2 aromatic carbocycles. The maximum absolute atomic E-state index is 6.00. The molecule has 0 aliphatic carbocycles. The van der Waals surface area contributed by atoms with E-state index in [1.165, 1.54) is 15.6 Å². The zero-order valence-electron chi connectivity index (χ0n) is 11.7. The summed E-state index contributed by atoms with van der Waals surface area (Å²) in [6.07, 6.45) is 2.62. The third-order valence-corrected chi connectivity index (χ3v) is 4.41. The Labute approximate surface area is 128 Å². The molecule has 0 aliphatic heterocycles. The molecule has 3 aromatic rings. The zero-order chi connectivity index (χ0) is 14.7. The Morgan fingerprint density at radius 1 is 1.14 bits per heavy atom. The lowest BCUT2D eigenvalue weighted by Gasteiger charge is -2.11. The van der Waals surface area contributed by atoms with Crippen LogP contribution >= 0.6 is 11.3 Å². The molecule has 2 N–H and O–H groups in total. The van der Waals surface area contributed by atoms with Crippen molar-refractivity contribution in [1.82, 2.24) is 0 Å². The van der Waals surface area contributed by atoms with Crippen molar-refractivity contribution in [2.24, 2.45) is 0 Å². The Morgan fingerprint density at radius 3 is 2.86 bits per heavy atom. The normalized spacial score (nSPS) is 10.7. The van der Waals surface area contributed by atoms with Gasteiger partial charge in [0.15, 0.2) is 0 Å². The Balaban J connectivity index is 1.83. The van der Waals surface area contributed by atoms with E-state index in [9.17, 15) is 0 Å². The highest BCUT2D eigenvalue weighted by Crippen LogP contribution is 2.28. The zero-order valence-corrected chi connectivity index (χ0v) is 12.5. The number of nitrogens with two attached hydrogens (primary N) is 1. The maximum atomic E-state index is 6.00. The number of hydrogen-bond acceptors (Lipinski definition) is 3. The number of ether oxygens (including phenoxy) is 1. The van der Waals surface area contributed by atoms with Crippen LogP contribution in [-0.2, 0) is 13.0 Å². The van der Waals surface area contributed by atoms with Crippen molar-refractivity contribution < 1.29 is 4.74 Å². The number of benzene rings is 2. The van der Waals surface area contributed by atoms with Gasteiger partial charge < -0.3 is 10.5 Å². The van der Waals surface area contributed by atoms with Crippen LogP contribution in [0.5, 0.6) is 5.75 Å². The standard InChI is InChI=1S/C18H17NOS/c1-2-5-13-10-15(19)8-9-17(13)20-11-14-12-21-18-7-4-3-6-16(14)18/h2-4,6-10,12H,1,5,11,19H2. The van der Waals surface area contributed by atoms with Gasteiger partial charge in [-0.05, 0) is 47.0 Å². The van der Waals surface area contributed by atoms with Crippen LogP contribution in [0.1, 0.15) is 11.1 Å². The molecule has 0 aliphatic rings. The summed E-state index contributed by atoms with van der Waals surface area (Å²) in [6.45, 7) is 4.35. The first kappa shape index (κ1) is 13.7. The number of nitrogen functional groups attached to an aromatic ring is 1. The van der Waals surface area contributed by atoms with Gasteiger partial charge in [-0.25, -0.2) is 0 Å². The van der Waals surface area contributed by atoms with Gasteiger partial charge in [0, 0.05) is 16.0 Å². The van der Waals surface area contributed by atoms with Gasteiger partial charge in [-0.3, -0.25) is 0 Å². The second kappa shape index (κ2) is 6.02. The highest BCUT2D eigenvalue weighted by molar-refractivity contribution is 7.17. The molecular formula is C18H17NOS. The first-order valence-corrected chi connectivity index (χ1v) is 7.73. The van der Waals surface area contributed by atoms with Crippen LogP contribution in [0.4, 0.5) is 5.69 Å². The van der Waals surface area contributed by atoms with E-state index in [4.69, 9.17) is 10.5 Å². The highest BCUT2D eigenvalue weighted by atomic mass is 32.1. The van der Waals surface area contributed by atoms with Crippen LogP contribution in [0.3, 0.4) is 0 Å². The van der Waals surface area contributed by atoms with Crippen molar-refractivity contribution in [3.8, 4) is 5.75 Å². The fourth-order valence-corrected chi connectivity index (χ4v) is 3.30. The van der Waals surface area contributed by atoms with E-state index in [0.717, 1.165) is 23.4 Å². The van der Waals surface area contributed by atoms with E-state index < -0.39 is 0 Å². The van der Waals surface area contributed by atoms with Crippen molar-refractivity contribution in [3.05, 3.63) is 71.6 Å². The van der Waals surface area contributed by atoms with Gasteiger partial charge in [-0.2, -0.15) is 0 Å². The first-order valence-electron chi connectivity index (χ1n) is 6.85. The molecule has 0 atom stereocenters. The summed E-state index contributed by atoms with van der Waals surface area (Å²) < 4.78 is 7.29. The Kier molecular flexibility index (Phi) is 3.93. The van der Waals surface area contributed by atoms with Crippen LogP contribution in [0, 0.1) is 0 Å². The van der Waals surface area contributed by atoms with E-state index in [-0.39, 0.29) is 0 Å². The molecule has 0 bridgehead atoms. The molecule has 0 unspecified atom stereocenters. The van der Waals surface area contributed by atoms with Crippen LogP contribution in [0.15, 0.2) is 60.5 Å². The minimum Gasteiger partial charge on any atom is -0.489 e. The van der Waals surface area contributed by atoms with Gasteiger partial charge in [0.1, 0.15) is 12.4 Å². The molecule has 106 valence electrons. The summed E-state index contributed by atoms with van der Waals surface area (Å²) >= 11 is 1.75. The highest BCUT2D eigenvalue weighted by Gasteiger charge is 2.07.